The van der Waals surface area contributed by atoms with Gasteiger partial charge in [-0.25, -0.2) is 4.79 Å². The molecule has 0 aliphatic carbocycles. The summed E-state index contributed by atoms with van der Waals surface area (Å²) in [5.74, 6) is 2.81. The number of hydrogen-bond acceptors (Lipinski definition) is 4. The molecule has 0 aliphatic rings. The largest absolute Gasteiger partial charge is 0.496 e. The van der Waals surface area contributed by atoms with Gasteiger partial charge in [0.15, 0.2) is 0 Å². The van der Waals surface area contributed by atoms with Gasteiger partial charge in [-0.15, -0.1) is 0 Å². The maximum absolute atomic E-state index is 12.1. The van der Waals surface area contributed by atoms with Gasteiger partial charge in [0.2, 0.25) is 0 Å². The van der Waals surface area contributed by atoms with E-state index in [0.717, 1.165) is 5.82 Å². The van der Waals surface area contributed by atoms with E-state index in [0.29, 0.717) is 11.1 Å². The Hall–Kier alpha value is -1.34. The lowest BCUT2D eigenvalue weighted by Gasteiger charge is -2.13. The minimum absolute atomic E-state index is 0.360. The summed E-state index contributed by atoms with van der Waals surface area (Å²) in [6, 6.07) is 6.69. The van der Waals surface area contributed by atoms with Crippen molar-refractivity contribution in [3.63, 3.8) is 0 Å². The van der Waals surface area contributed by atoms with E-state index in [4.69, 9.17) is 9.26 Å². The fraction of sp³-hybridized carbons (Fsp3) is 0.200. The molecule has 0 aromatic heterocycles. The highest BCUT2D eigenvalue weighted by atomic mass is 31.2. The van der Waals surface area contributed by atoms with Crippen LogP contribution in [0.25, 0.3) is 0 Å². The monoisotopic (exact) mass is 226 g/mol. The molecule has 15 heavy (non-hydrogen) atoms. The molecule has 80 valence electrons. The van der Waals surface area contributed by atoms with Crippen molar-refractivity contribution in [1.82, 2.24) is 0 Å². The van der Waals surface area contributed by atoms with Gasteiger partial charge in [0.1, 0.15) is 11.7 Å². The van der Waals surface area contributed by atoms with Gasteiger partial charge in [0, 0.05) is 7.11 Å². The number of rotatable bonds is 4. The minimum atomic E-state index is -3.28. The molecule has 5 heteroatoms. The van der Waals surface area contributed by atoms with E-state index in [1.54, 1.807) is 24.3 Å². The summed E-state index contributed by atoms with van der Waals surface area (Å²) in [4.78, 5) is 10.3. The SMILES string of the molecule is COc1ccccc1P(=O)(C=C=O)OC. The third kappa shape index (κ3) is 2.37. The summed E-state index contributed by atoms with van der Waals surface area (Å²) < 4.78 is 22.0. The summed E-state index contributed by atoms with van der Waals surface area (Å²) >= 11 is 0. The van der Waals surface area contributed by atoms with Gasteiger partial charge in [-0.05, 0) is 12.1 Å². The lowest BCUT2D eigenvalue weighted by molar-refractivity contribution is 0.401. The number of carbonyl (C=O) groups excluding carboxylic acids is 1. The van der Waals surface area contributed by atoms with Crippen LogP contribution in [0.3, 0.4) is 0 Å². The van der Waals surface area contributed by atoms with Gasteiger partial charge in [0.25, 0.3) is 7.37 Å². The number of benzene rings is 1. The Morgan fingerprint density at radius 3 is 2.53 bits per heavy atom. The van der Waals surface area contributed by atoms with E-state index < -0.39 is 7.37 Å². The van der Waals surface area contributed by atoms with Crippen molar-refractivity contribution in [2.24, 2.45) is 0 Å². The van der Waals surface area contributed by atoms with Gasteiger partial charge < -0.3 is 9.26 Å². The third-order valence-electron chi connectivity index (χ3n) is 1.91. The van der Waals surface area contributed by atoms with Crippen LogP contribution >= 0.6 is 7.37 Å². The van der Waals surface area contributed by atoms with Gasteiger partial charge in [-0.2, -0.15) is 0 Å². The number of para-hydroxylation sites is 1. The summed E-state index contributed by atoms with van der Waals surface area (Å²) in [6.07, 6.45) is 0. The second kappa shape index (κ2) is 4.94. The van der Waals surface area contributed by atoms with Crippen molar-refractivity contribution in [3.8, 4) is 5.75 Å². The molecule has 0 saturated carbocycles. The third-order valence-corrected chi connectivity index (χ3v) is 3.94. The molecule has 0 N–H and O–H groups in total. The predicted molar refractivity (Wildman–Crippen MR) is 57.5 cm³/mol. The highest BCUT2D eigenvalue weighted by molar-refractivity contribution is 7.70. The van der Waals surface area contributed by atoms with Crippen molar-refractivity contribution in [3.05, 3.63) is 30.1 Å². The molecule has 1 atom stereocenters. The van der Waals surface area contributed by atoms with Crippen LogP contribution in [0, 0.1) is 0 Å². The van der Waals surface area contributed by atoms with E-state index in [-0.39, 0.29) is 0 Å². The van der Waals surface area contributed by atoms with Crippen LogP contribution in [-0.2, 0) is 13.9 Å². The van der Waals surface area contributed by atoms with Crippen LogP contribution in [0.15, 0.2) is 30.1 Å². The fourth-order valence-electron chi connectivity index (χ4n) is 1.18. The molecule has 0 spiro atoms. The smallest absolute Gasteiger partial charge is 0.268 e. The van der Waals surface area contributed by atoms with Crippen molar-refractivity contribution in [1.29, 1.82) is 0 Å². The molecular weight excluding hydrogens is 215 g/mol. The zero-order valence-electron chi connectivity index (χ0n) is 8.47. The quantitative estimate of drug-likeness (QED) is 0.577. The molecule has 0 heterocycles. The Balaban J connectivity index is 3.35. The average molecular weight is 226 g/mol. The molecule has 0 amide bonds. The van der Waals surface area contributed by atoms with Gasteiger partial charge in [0.05, 0.1) is 18.2 Å². The van der Waals surface area contributed by atoms with Crippen LogP contribution in [0.4, 0.5) is 0 Å². The lowest BCUT2D eigenvalue weighted by atomic mass is 10.3. The van der Waals surface area contributed by atoms with E-state index in [1.807, 2.05) is 0 Å². The first-order valence-corrected chi connectivity index (χ1v) is 5.88. The summed E-state index contributed by atoms with van der Waals surface area (Å²) in [5.41, 5.74) is 0. The topological polar surface area (TPSA) is 52.6 Å². The standard InChI is InChI=1S/C10H11O4P/c1-13-9-5-3-4-6-10(9)15(12,14-2)8-7-11/h3-6,8H,1-2H3. The minimum Gasteiger partial charge on any atom is -0.496 e. The molecule has 1 unspecified atom stereocenters. The maximum Gasteiger partial charge on any atom is 0.268 e. The number of methoxy groups -OCH3 is 1. The molecule has 0 saturated heterocycles. The molecule has 4 nitrogen and oxygen atoms in total. The van der Waals surface area contributed by atoms with Gasteiger partial charge in [-0.1, -0.05) is 12.1 Å². The van der Waals surface area contributed by atoms with Crippen LogP contribution in [-0.4, -0.2) is 20.2 Å². The Morgan fingerprint density at radius 1 is 1.33 bits per heavy atom. The van der Waals surface area contributed by atoms with Gasteiger partial charge >= 0.3 is 0 Å². The molecule has 1 aromatic carbocycles. The van der Waals surface area contributed by atoms with Crippen molar-refractivity contribution in [2.45, 2.75) is 0 Å². The average Bonchev–Trinajstić information content (AvgIpc) is 2.29. The maximum atomic E-state index is 12.1. The van der Waals surface area contributed by atoms with Crippen molar-refractivity contribution in [2.75, 3.05) is 14.2 Å². The molecule has 1 aromatic rings. The zero-order chi connectivity index (χ0) is 11.3. The van der Waals surface area contributed by atoms with Crippen LogP contribution in [0.2, 0.25) is 0 Å². The van der Waals surface area contributed by atoms with Crippen molar-refractivity contribution >= 4 is 18.6 Å². The summed E-state index contributed by atoms with van der Waals surface area (Å²) in [6.45, 7) is 0. The molecule has 0 radical (unpaired) electrons. The normalized spacial score (nSPS) is 13.7. The Kier molecular flexibility index (Phi) is 3.87. The van der Waals surface area contributed by atoms with E-state index >= 15 is 0 Å². The second-order valence-corrected chi connectivity index (χ2v) is 5.00. The Labute approximate surface area is 88.0 Å². The highest BCUT2D eigenvalue weighted by Gasteiger charge is 2.25. The lowest BCUT2D eigenvalue weighted by Crippen LogP contribution is -2.08. The van der Waals surface area contributed by atoms with Crippen LogP contribution in [0.1, 0.15) is 0 Å². The number of hydrogen-bond donors (Lipinski definition) is 0. The number of ether oxygens (including phenoxy) is 1. The Morgan fingerprint density at radius 2 is 2.00 bits per heavy atom. The Bertz CT molecular complexity index is 435. The molecular formula is C10H11O4P. The summed E-state index contributed by atoms with van der Waals surface area (Å²) in [5, 5.41) is 0.360. The predicted octanol–water partition coefficient (Wildman–Crippen LogP) is 1.59. The zero-order valence-corrected chi connectivity index (χ0v) is 9.36. The van der Waals surface area contributed by atoms with Crippen LogP contribution in [0.5, 0.6) is 5.75 Å². The first-order chi connectivity index (χ1) is 7.18. The van der Waals surface area contributed by atoms with Gasteiger partial charge in [-0.3, -0.25) is 4.57 Å². The molecule has 0 bridgehead atoms. The summed E-state index contributed by atoms with van der Waals surface area (Å²) in [7, 11) is -0.540. The molecule has 0 aliphatic heterocycles. The van der Waals surface area contributed by atoms with E-state index in [9.17, 15) is 9.36 Å². The second-order valence-electron chi connectivity index (χ2n) is 2.70. The molecule has 1 rings (SSSR count). The highest BCUT2D eigenvalue weighted by Crippen LogP contribution is 2.47. The van der Waals surface area contributed by atoms with Crippen molar-refractivity contribution < 1.29 is 18.6 Å². The van der Waals surface area contributed by atoms with Crippen LogP contribution < -0.4 is 10.0 Å². The fourth-order valence-corrected chi connectivity index (χ4v) is 2.52. The van der Waals surface area contributed by atoms with E-state index in [2.05, 4.69) is 0 Å². The first kappa shape index (κ1) is 11.7. The molecule has 0 fully saturated rings. The first-order valence-electron chi connectivity index (χ1n) is 4.19. The van der Waals surface area contributed by atoms with E-state index in [1.165, 1.54) is 20.2 Å².